The van der Waals surface area contributed by atoms with E-state index in [1.807, 2.05) is 48.6 Å². The van der Waals surface area contributed by atoms with E-state index in [1.165, 1.54) is 0 Å². The molecule has 0 atom stereocenters. The molecule has 134 valence electrons. The Balaban J connectivity index is 0.000000432. The van der Waals surface area contributed by atoms with Gasteiger partial charge in [0.25, 0.3) is 0 Å². The first-order chi connectivity index (χ1) is 11.9. The molecule has 0 radical (unpaired) electrons. The van der Waals surface area contributed by atoms with E-state index in [2.05, 4.69) is 36.5 Å². The van der Waals surface area contributed by atoms with Crippen LogP contribution in [-0.2, 0) is 38.9 Å². The number of hydrogen-bond acceptors (Lipinski definition) is 1. The quantitative estimate of drug-likeness (QED) is 0.350. The van der Waals surface area contributed by atoms with Crippen LogP contribution in [0.2, 0.25) is 0 Å². The van der Waals surface area contributed by atoms with E-state index in [1.54, 1.807) is 12.2 Å². The van der Waals surface area contributed by atoms with E-state index in [0.29, 0.717) is 6.42 Å². The maximum absolute atomic E-state index is 11.5. The Morgan fingerprint density at radius 3 is 1.96 bits per heavy atom. The first-order valence-electron chi connectivity index (χ1n) is 8.04. The molecule has 0 aromatic heterocycles. The normalized spacial score (nSPS) is 17.1. The molecule has 0 spiro atoms. The predicted molar refractivity (Wildman–Crippen MR) is 98.3 cm³/mol. The summed E-state index contributed by atoms with van der Waals surface area (Å²) >= 11 is 0. The van der Waals surface area contributed by atoms with Crippen molar-refractivity contribution in [3.05, 3.63) is 108 Å². The van der Waals surface area contributed by atoms with Crippen LogP contribution in [0.15, 0.2) is 84.1 Å². The molecular weight excluding hydrogens is 404 g/mol. The Bertz CT molecular complexity index is 654. The molecule has 0 amide bonds. The maximum atomic E-state index is 11.5. The fourth-order valence-electron chi connectivity index (χ4n) is 2.04. The molecule has 0 saturated heterocycles. The van der Waals surface area contributed by atoms with Gasteiger partial charge in [-0.2, -0.15) is 23.8 Å². The largest absolute Gasteiger partial charge is 2.00 e. The van der Waals surface area contributed by atoms with Gasteiger partial charge in [0.2, 0.25) is 0 Å². The van der Waals surface area contributed by atoms with Crippen molar-refractivity contribution >= 4 is 5.78 Å². The summed E-state index contributed by atoms with van der Waals surface area (Å²) in [4.78, 5) is 11.5. The maximum Gasteiger partial charge on any atom is 2.00 e. The molecular formula is C23H20Fe2O. The van der Waals surface area contributed by atoms with Crippen LogP contribution < -0.4 is 0 Å². The second-order valence-electron chi connectivity index (χ2n) is 5.20. The first kappa shape index (κ1) is 24.4. The molecule has 0 aromatic carbocycles. The third-order valence-corrected chi connectivity index (χ3v) is 3.33. The molecule has 0 aliphatic heterocycles. The standard InChI is InChI=1S/C13H10O.2C5H5.2Fe/c14-13(12-7-3-4-8-12)10-9-11-5-1-2-6-11;2*1-2-4-5-3-1;;/h3,5-7,9-10H,1,8H2;2*1-3H,4H2;;/q-2;2*-1;2*+2/b10-9+;;;;. The summed E-state index contributed by atoms with van der Waals surface area (Å²) < 4.78 is 0. The van der Waals surface area contributed by atoms with Crippen LogP contribution in [0.3, 0.4) is 0 Å². The van der Waals surface area contributed by atoms with Crippen molar-refractivity contribution in [2.45, 2.75) is 25.7 Å². The number of ketones is 1. The van der Waals surface area contributed by atoms with Gasteiger partial charge in [-0.05, 0) is 6.08 Å². The van der Waals surface area contributed by atoms with Crippen molar-refractivity contribution in [1.29, 1.82) is 0 Å². The van der Waals surface area contributed by atoms with Crippen LogP contribution in [0.25, 0.3) is 0 Å². The van der Waals surface area contributed by atoms with Gasteiger partial charge in [0.1, 0.15) is 0 Å². The molecule has 4 aliphatic carbocycles. The van der Waals surface area contributed by atoms with Gasteiger partial charge < -0.3 is 0 Å². The van der Waals surface area contributed by atoms with Crippen molar-refractivity contribution in [3.8, 4) is 0 Å². The van der Waals surface area contributed by atoms with Crippen molar-refractivity contribution in [3.63, 3.8) is 0 Å². The second kappa shape index (κ2) is 15.6. The van der Waals surface area contributed by atoms with E-state index in [4.69, 9.17) is 0 Å². The van der Waals surface area contributed by atoms with Crippen LogP contribution in [0.1, 0.15) is 25.7 Å². The Morgan fingerprint density at radius 1 is 0.885 bits per heavy atom. The summed E-state index contributed by atoms with van der Waals surface area (Å²) in [5.41, 5.74) is 1.88. The molecule has 3 heteroatoms. The van der Waals surface area contributed by atoms with E-state index in [9.17, 15) is 4.79 Å². The summed E-state index contributed by atoms with van der Waals surface area (Å²) in [5, 5.41) is 0. The van der Waals surface area contributed by atoms with Crippen molar-refractivity contribution < 1.29 is 38.9 Å². The molecule has 0 unspecified atom stereocenters. The van der Waals surface area contributed by atoms with E-state index < -0.39 is 0 Å². The zero-order valence-electron chi connectivity index (χ0n) is 14.4. The van der Waals surface area contributed by atoms with Gasteiger partial charge in [0, 0.05) is 0 Å². The van der Waals surface area contributed by atoms with E-state index >= 15 is 0 Å². The molecule has 0 heterocycles. The Kier molecular flexibility index (Phi) is 14.6. The smallest absolute Gasteiger partial charge is 0.291 e. The average Bonchev–Trinajstić information content (AvgIpc) is 3.42. The van der Waals surface area contributed by atoms with Crippen molar-refractivity contribution in [2.24, 2.45) is 0 Å². The van der Waals surface area contributed by atoms with Gasteiger partial charge in [-0.1, -0.05) is 12.0 Å². The fourth-order valence-corrected chi connectivity index (χ4v) is 2.04. The summed E-state index contributed by atoms with van der Waals surface area (Å²) in [7, 11) is 0. The number of hydrogen-bond donors (Lipinski definition) is 0. The molecule has 0 N–H and O–H groups in total. The van der Waals surface area contributed by atoms with Crippen LogP contribution in [0.4, 0.5) is 0 Å². The molecule has 0 fully saturated rings. The topological polar surface area (TPSA) is 17.1 Å². The Hall–Kier alpha value is -1.63. The summed E-state index contributed by atoms with van der Waals surface area (Å²) in [6.45, 7) is 0. The Morgan fingerprint density at radius 2 is 1.58 bits per heavy atom. The molecule has 0 saturated carbocycles. The van der Waals surface area contributed by atoms with Crippen LogP contribution in [0, 0.1) is 24.3 Å². The molecule has 4 aliphatic rings. The minimum atomic E-state index is 0. The number of rotatable bonds is 3. The van der Waals surface area contributed by atoms with Gasteiger partial charge in [-0.25, -0.2) is 42.5 Å². The number of allylic oxidation sites excluding steroid dienone is 18. The summed E-state index contributed by atoms with van der Waals surface area (Å²) in [5.74, 6) is 0.0763. The number of carbonyl (C=O) groups excluding carboxylic acids is 1. The fraction of sp³-hybridized carbons (Fsp3) is 0.174. The summed E-state index contributed by atoms with van der Waals surface area (Å²) in [6, 6.07) is 0. The number of carbonyl (C=O) groups is 1. The van der Waals surface area contributed by atoms with Gasteiger partial charge >= 0.3 is 34.1 Å². The average molecular weight is 424 g/mol. The van der Waals surface area contributed by atoms with Crippen LogP contribution in [-0.4, -0.2) is 5.78 Å². The van der Waals surface area contributed by atoms with Crippen LogP contribution in [0.5, 0.6) is 0 Å². The van der Waals surface area contributed by atoms with Gasteiger partial charge in [-0.15, -0.1) is 25.3 Å². The minimum Gasteiger partial charge on any atom is -0.291 e. The first-order valence-corrected chi connectivity index (χ1v) is 8.04. The van der Waals surface area contributed by atoms with Gasteiger partial charge in [0.05, 0.1) is 0 Å². The molecule has 4 rings (SSSR count). The molecule has 0 aromatic rings. The third-order valence-electron chi connectivity index (χ3n) is 3.33. The van der Waals surface area contributed by atoms with Crippen LogP contribution >= 0.6 is 0 Å². The SMILES string of the molecule is O=C(/C=C/C1=CC[C-]=C1)C1=CC=[C-]C1.[C-]1=CC=CC1.[C-]1=CC=CC1.[Fe+2].[Fe+2]. The molecule has 0 bridgehead atoms. The van der Waals surface area contributed by atoms with Crippen molar-refractivity contribution in [1.82, 2.24) is 0 Å². The third kappa shape index (κ3) is 10.4. The van der Waals surface area contributed by atoms with E-state index in [0.717, 1.165) is 30.4 Å². The monoisotopic (exact) mass is 424 g/mol. The molecule has 26 heavy (non-hydrogen) atoms. The zero-order valence-corrected chi connectivity index (χ0v) is 16.6. The van der Waals surface area contributed by atoms with Crippen molar-refractivity contribution in [2.75, 3.05) is 0 Å². The molecule has 1 nitrogen and oxygen atoms in total. The second-order valence-corrected chi connectivity index (χ2v) is 5.20. The predicted octanol–water partition coefficient (Wildman–Crippen LogP) is 5.10. The van der Waals surface area contributed by atoms with Gasteiger partial charge in [-0.3, -0.25) is 29.1 Å². The van der Waals surface area contributed by atoms with E-state index in [-0.39, 0.29) is 39.9 Å². The zero-order chi connectivity index (χ0) is 16.9. The Labute approximate surface area is 178 Å². The summed E-state index contributed by atoms with van der Waals surface area (Å²) in [6.07, 6.45) is 38.5. The minimum absolute atomic E-state index is 0. The van der Waals surface area contributed by atoms with Gasteiger partial charge in [0.15, 0.2) is 5.78 Å².